The normalized spacial score (nSPS) is 11.4. The Hall–Kier alpha value is -2.99. The van der Waals surface area contributed by atoms with Gasteiger partial charge in [-0.2, -0.15) is 0 Å². The van der Waals surface area contributed by atoms with Crippen molar-refractivity contribution in [2.45, 2.75) is 13.8 Å². The van der Waals surface area contributed by atoms with Crippen LogP contribution >= 0.6 is 0 Å². The number of para-hydroxylation sites is 1. The lowest BCUT2D eigenvalue weighted by atomic mass is 9.93. The Bertz CT molecular complexity index is 846. The van der Waals surface area contributed by atoms with Crippen LogP contribution in [0.3, 0.4) is 0 Å². The van der Waals surface area contributed by atoms with Gasteiger partial charge in [-0.25, -0.2) is 9.67 Å². The largest absolute Gasteiger partial charge is 0.338 e. The summed E-state index contributed by atoms with van der Waals surface area (Å²) in [7, 11) is 1.76. The van der Waals surface area contributed by atoms with E-state index in [1.165, 1.54) is 0 Å². The van der Waals surface area contributed by atoms with Crippen molar-refractivity contribution in [2.24, 2.45) is 11.1 Å². The van der Waals surface area contributed by atoms with Crippen LogP contribution in [0.15, 0.2) is 60.7 Å². The molecule has 6 nitrogen and oxygen atoms in total. The van der Waals surface area contributed by atoms with Gasteiger partial charge in [0.05, 0.1) is 5.69 Å². The van der Waals surface area contributed by atoms with Gasteiger partial charge in [0.1, 0.15) is 0 Å². The summed E-state index contributed by atoms with van der Waals surface area (Å²) in [6.07, 6.45) is 0. The molecule has 2 aromatic carbocycles. The minimum Gasteiger partial charge on any atom is -0.338 e. The lowest BCUT2D eigenvalue weighted by molar-refractivity contribution is 0.0728. The highest BCUT2D eigenvalue weighted by Gasteiger charge is 2.25. The molecular formula is C21H25N5O. The van der Waals surface area contributed by atoms with E-state index in [0.717, 1.165) is 11.3 Å². The van der Waals surface area contributed by atoms with E-state index in [1.807, 2.05) is 74.5 Å². The van der Waals surface area contributed by atoms with Crippen molar-refractivity contribution in [1.29, 1.82) is 0 Å². The minimum absolute atomic E-state index is 0.172. The lowest BCUT2D eigenvalue weighted by Crippen LogP contribution is -2.40. The molecule has 0 saturated heterocycles. The Labute approximate surface area is 159 Å². The van der Waals surface area contributed by atoms with Crippen LogP contribution in [0.4, 0.5) is 0 Å². The number of hydrogen-bond donors (Lipinski definition) is 1. The molecule has 0 atom stereocenters. The highest BCUT2D eigenvalue weighted by atomic mass is 16.2. The summed E-state index contributed by atoms with van der Waals surface area (Å²) < 4.78 is 1.71. The molecule has 6 heteroatoms. The fraction of sp³-hybridized carbons (Fsp3) is 0.286. The van der Waals surface area contributed by atoms with Gasteiger partial charge in [0.15, 0.2) is 5.82 Å². The smallest absolute Gasteiger partial charge is 0.293 e. The zero-order valence-corrected chi connectivity index (χ0v) is 16.0. The average Bonchev–Trinajstić information content (AvgIpc) is 3.14. The predicted molar refractivity (Wildman–Crippen MR) is 107 cm³/mol. The van der Waals surface area contributed by atoms with E-state index in [2.05, 4.69) is 10.1 Å². The third-order valence-electron chi connectivity index (χ3n) is 4.40. The molecule has 0 aliphatic carbocycles. The molecule has 140 valence electrons. The molecule has 27 heavy (non-hydrogen) atoms. The first-order chi connectivity index (χ1) is 12.9. The summed E-state index contributed by atoms with van der Waals surface area (Å²) in [5.41, 5.74) is 7.38. The number of carbonyl (C=O) groups excluding carboxylic acids is 1. The van der Waals surface area contributed by atoms with Crippen molar-refractivity contribution in [2.75, 3.05) is 20.1 Å². The molecule has 0 bridgehead atoms. The number of hydrogen-bond acceptors (Lipinski definition) is 4. The molecule has 0 spiro atoms. The van der Waals surface area contributed by atoms with Gasteiger partial charge in [0.25, 0.3) is 5.91 Å². The summed E-state index contributed by atoms with van der Waals surface area (Å²) in [5, 5.41) is 4.52. The highest BCUT2D eigenvalue weighted by molar-refractivity contribution is 5.91. The third-order valence-corrected chi connectivity index (χ3v) is 4.40. The van der Waals surface area contributed by atoms with E-state index in [0.29, 0.717) is 18.9 Å². The fourth-order valence-corrected chi connectivity index (χ4v) is 2.88. The molecule has 0 aliphatic heterocycles. The maximum absolute atomic E-state index is 12.9. The van der Waals surface area contributed by atoms with E-state index in [4.69, 9.17) is 5.73 Å². The Kier molecular flexibility index (Phi) is 5.37. The highest BCUT2D eigenvalue weighted by Crippen LogP contribution is 2.22. The summed E-state index contributed by atoms with van der Waals surface area (Å²) >= 11 is 0. The molecule has 1 heterocycles. The van der Waals surface area contributed by atoms with Gasteiger partial charge >= 0.3 is 0 Å². The SMILES string of the molecule is CN(CC(C)(C)CN)C(=O)c1nc(-c2ccccc2)n(-c2ccccc2)n1. The van der Waals surface area contributed by atoms with Crippen molar-refractivity contribution in [1.82, 2.24) is 19.7 Å². The number of amides is 1. The van der Waals surface area contributed by atoms with Crippen LogP contribution in [0.2, 0.25) is 0 Å². The number of benzene rings is 2. The Morgan fingerprint density at radius 1 is 1.07 bits per heavy atom. The van der Waals surface area contributed by atoms with E-state index in [-0.39, 0.29) is 17.1 Å². The molecule has 0 radical (unpaired) electrons. The fourth-order valence-electron chi connectivity index (χ4n) is 2.88. The second-order valence-electron chi connectivity index (χ2n) is 7.40. The molecule has 0 unspecified atom stereocenters. The van der Waals surface area contributed by atoms with Crippen LogP contribution in [-0.4, -0.2) is 45.7 Å². The van der Waals surface area contributed by atoms with Gasteiger partial charge in [0, 0.05) is 19.2 Å². The van der Waals surface area contributed by atoms with E-state index in [1.54, 1.807) is 16.6 Å². The number of nitrogens with zero attached hydrogens (tertiary/aromatic N) is 4. The maximum atomic E-state index is 12.9. The van der Waals surface area contributed by atoms with E-state index < -0.39 is 0 Å². The predicted octanol–water partition coefficient (Wildman–Crippen LogP) is 2.99. The van der Waals surface area contributed by atoms with Gasteiger partial charge in [-0.15, -0.1) is 5.10 Å². The monoisotopic (exact) mass is 363 g/mol. The summed E-state index contributed by atoms with van der Waals surface area (Å²) in [5.74, 6) is 0.591. The zero-order chi connectivity index (χ0) is 19.4. The first-order valence-corrected chi connectivity index (χ1v) is 8.95. The quantitative estimate of drug-likeness (QED) is 0.730. The van der Waals surface area contributed by atoms with Crippen molar-refractivity contribution in [3.8, 4) is 17.1 Å². The molecular weight excluding hydrogens is 338 g/mol. The average molecular weight is 363 g/mol. The number of rotatable bonds is 6. The molecule has 1 amide bonds. The summed E-state index contributed by atoms with van der Waals surface area (Å²) in [4.78, 5) is 19.1. The van der Waals surface area contributed by atoms with Crippen LogP contribution in [-0.2, 0) is 0 Å². The van der Waals surface area contributed by atoms with Crippen LogP contribution in [0, 0.1) is 5.41 Å². The first-order valence-electron chi connectivity index (χ1n) is 8.95. The van der Waals surface area contributed by atoms with Crippen molar-refractivity contribution in [3.05, 3.63) is 66.5 Å². The lowest BCUT2D eigenvalue weighted by Gasteiger charge is -2.28. The second-order valence-corrected chi connectivity index (χ2v) is 7.40. The van der Waals surface area contributed by atoms with Crippen LogP contribution in [0.1, 0.15) is 24.5 Å². The van der Waals surface area contributed by atoms with Crippen LogP contribution < -0.4 is 5.73 Å². The summed E-state index contributed by atoms with van der Waals surface area (Å²) in [6, 6.07) is 19.4. The molecule has 3 aromatic rings. The van der Waals surface area contributed by atoms with Crippen LogP contribution in [0.5, 0.6) is 0 Å². The van der Waals surface area contributed by atoms with Gasteiger partial charge in [-0.3, -0.25) is 4.79 Å². The third kappa shape index (κ3) is 4.23. The summed E-state index contributed by atoms with van der Waals surface area (Å²) in [6.45, 7) is 5.08. The first kappa shape index (κ1) is 18.8. The zero-order valence-electron chi connectivity index (χ0n) is 16.0. The van der Waals surface area contributed by atoms with Crippen molar-refractivity contribution < 1.29 is 4.79 Å². The van der Waals surface area contributed by atoms with E-state index in [9.17, 15) is 4.79 Å². The Morgan fingerprint density at radius 2 is 1.67 bits per heavy atom. The Morgan fingerprint density at radius 3 is 2.26 bits per heavy atom. The molecule has 0 saturated carbocycles. The molecule has 2 N–H and O–H groups in total. The maximum Gasteiger partial charge on any atom is 0.293 e. The second kappa shape index (κ2) is 7.72. The van der Waals surface area contributed by atoms with Gasteiger partial charge in [0.2, 0.25) is 5.82 Å². The molecule has 1 aromatic heterocycles. The molecule has 3 rings (SSSR count). The van der Waals surface area contributed by atoms with Gasteiger partial charge < -0.3 is 10.6 Å². The topological polar surface area (TPSA) is 77.0 Å². The van der Waals surface area contributed by atoms with E-state index >= 15 is 0 Å². The van der Waals surface area contributed by atoms with Crippen molar-refractivity contribution in [3.63, 3.8) is 0 Å². The van der Waals surface area contributed by atoms with Gasteiger partial charge in [-0.05, 0) is 24.1 Å². The number of aromatic nitrogens is 3. The standard InChI is InChI=1S/C21H25N5O/c1-21(2,14-22)15-25(3)20(27)18-23-19(16-10-6-4-7-11-16)26(24-18)17-12-8-5-9-13-17/h4-13H,14-15,22H2,1-3H3. The van der Waals surface area contributed by atoms with Crippen LogP contribution in [0.25, 0.3) is 17.1 Å². The number of carbonyl (C=O) groups is 1. The Balaban J connectivity index is 2.00. The molecule has 0 aliphatic rings. The van der Waals surface area contributed by atoms with Gasteiger partial charge in [-0.1, -0.05) is 62.4 Å². The van der Waals surface area contributed by atoms with Crippen molar-refractivity contribution >= 4 is 5.91 Å². The number of nitrogens with two attached hydrogens (primary N) is 1. The minimum atomic E-state index is -0.219. The molecule has 0 fully saturated rings.